The van der Waals surface area contributed by atoms with E-state index in [0.29, 0.717) is 5.75 Å². The molecule has 6 heteroatoms. The lowest BCUT2D eigenvalue weighted by Crippen LogP contribution is -2.22. The Balaban J connectivity index is 1.64. The molecule has 3 aromatic carbocycles. The van der Waals surface area contributed by atoms with Gasteiger partial charge in [-0.05, 0) is 70.2 Å². The Kier molecular flexibility index (Phi) is 7.88. The number of phenolic OH excluding ortho intramolecular Hbond substituents is 1. The molecule has 0 atom stereocenters. The number of thioether (sulfide) groups is 1. The molecule has 4 nitrogen and oxygen atoms in total. The van der Waals surface area contributed by atoms with Gasteiger partial charge in [0.15, 0.2) is 0 Å². The van der Waals surface area contributed by atoms with Crippen LogP contribution in [0, 0.1) is 0 Å². The van der Waals surface area contributed by atoms with Gasteiger partial charge in [0.05, 0.1) is 29.1 Å². The van der Waals surface area contributed by atoms with Gasteiger partial charge in [0, 0.05) is 33.5 Å². The van der Waals surface area contributed by atoms with Gasteiger partial charge in [0.2, 0.25) is 0 Å². The number of fused-ring (bicyclic) bond motifs is 3. The molecule has 5 rings (SSSR count). The maximum Gasteiger partial charge on any atom is 0.123 e. The molecule has 0 bridgehead atoms. The fourth-order valence-corrected chi connectivity index (χ4v) is 6.62. The van der Waals surface area contributed by atoms with Crippen molar-refractivity contribution in [1.29, 1.82) is 0 Å². The number of anilines is 3. The van der Waals surface area contributed by atoms with Crippen molar-refractivity contribution in [3.63, 3.8) is 0 Å². The van der Waals surface area contributed by atoms with E-state index in [0.717, 1.165) is 44.4 Å². The van der Waals surface area contributed by atoms with Crippen LogP contribution >= 0.6 is 23.8 Å². The lowest BCUT2D eigenvalue weighted by molar-refractivity contribution is 0.378. The van der Waals surface area contributed by atoms with Crippen LogP contribution in [0.5, 0.6) is 5.75 Å². The van der Waals surface area contributed by atoms with Gasteiger partial charge in [-0.15, -0.1) is 0 Å². The van der Waals surface area contributed by atoms with Crippen LogP contribution < -0.4 is 10.4 Å². The molecule has 2 heterocycles. The number of hydrogen-bond acceptors (Lipinski definition) is 6. The Morgan fingerprint density at radius 1 is 0.850 bits per heavy atom. The molecule has 0 unspecified atom stereocenters. The summed E-state index contributed by atoms with van der Waals surface area (Å²) in [5, 5.41) is 16.8. The third-order valence-corrected chi connectivity index (χ3v) is 8.86. The van der Waals surface area contributed by atoms with Gasteiger partial charge in [-0.25, -0.2) is 5.06 Å². The Morgan fingerprint density at radius 2 is 1.55 bits per heavy atom. The van der Waals surface area contributed by atoms with E-state index >= 15 is 0 Å². The lowest BCUT2D eigenvalue weighted by Gasteiger charge is -2.32. The van der Waals surface area contributed by atoms with Crippen molar-refractivity contribution in [1.82, 2.24) is 0 Å². The summed E-state index contributed by atoms with van der Waals surface area (Å²) in [6.07, 6.45) is 11.0. The molecule has 2 aliphatic rings. The number of rotatable bonds is 1. The van der Waals surface area contributed by atoms with Gasteiger partial charge in [-0.2, -0.15) is 4.28 Å². The first-order valence-corrected chi connectivity index (χ1v) is 15.2. The number of nitrogens with zero attached hydrogens (tertiary/aromatic N) is 1. The number of phenols is 1. The second kappa shape index (κ2) is 11.1. The summed E-state index contributed by atoms with van der Waals surface area (Å²) in [7, 11) is 0. The van der Waals surface area contributed by atoms with E-state index in [1.807, 2.05) is 23.4 Å². The van der Waals surface area contributed by atoms with E-state index in [1.165, 1.54) is 28.1 Å². The first-order valence-electron chi connectivity index (χ1n) is 13.6. The molecule has 2 N–H and O–H groups in total. The molecule has 0 amide bonds. The SMILES string of the molecule is C\C1=C/C=C\C=C\Nc2cc3c(cc2S1)SON(c1cc(C(C)(C)C)c(O)c(C(C)(C)C)c1)c1ccccc1C3. The summed E-state index contributed by atoms with van der Waals surface area (Å²) in [5.74, 6) is 0.365. The average Bonchev–Trinajstić information content (AvgIpc) is 2.86. The number of aromatic hydroxyl groups is 1. The molecule has 3 aromatic rings. The van der Waals surface area contributed by atoms with Gasteiger partial charge in [0.1, 0.15) is 5.75 Å². The molecule has 0 fully saturated rings. The zero-order valence-electron chi connectivity index (χ0n) is 24.3. The van der Waals surface area contributed by atoms with Crippen LogP contribution in [0.4, 0.5) is 17.1 Å². The van der Waals surface area contributed by atoms with Crippen LogP contribution in [0.1, 0.15) is 70.7 Å². The zero-order valence-corrected chi connectivity index (χ0v) is 26.0. The Hall–Kier alpha value is -3.06. The molecule has 0 radical (unpaired) electrons. The van der Waals surface area contributed by atoms with Gasteiger partial charge < -0.3 is 10.4 Å². The number of benzene rings is 3. The molecule has 208 valence electrons. The highest BCUT2D eigenvalue weighted by atomic mass is 32.2. The van der Waals surface area contributed by atoms with Gasteiger partial charge in [-0.1, -0.05) is 89.7 Å². The van der Waals surface area contributed by atoms with Gasteiger partial charge in [-0.3, -0.25) is 0 Å². The molecule has 0 aromatic heterocycles. The first kappa shape index (κ1) is 28.5. The summed E-state index contributed by atoms with van der Waals surface area (Å²) >= 11 is 3.14. The van der Waals surface area contributed by atoms with Crippen molar-refractivity contribution < 1.29 is 9.39 Å². The second-order valence-electron chi connectivity index (χ2n) is 12.4. The third-order valence-electron chi connectivity index (χ3n) is 7.06. The van der Waals surface area contributed by atoms with Crippen molar-refractivity contribution in [3.8, 4) is 5.75 Å². The van der Waals surface area contributed by atoms with E-state index in [2.05, 4.69) is 114 Å². The number of hydrogen-bond donors (Lipinski definition) is 2. The fourth-order valence-electron chi connectivity index (χ4n) is 4.92. The molecule has 0 aliphatic carbocycles. The van der Waals surface area contributed by atoms with E-state index < -0.39 is 0 Å². The first-order chi connectivity index (χ1) is 18.9. The molecule has 40 heavy (non-hydrogen) atoms. The van der Waals surface area contributed by atoms with Crippen molar-refractivity contribution in [2.75, 3.05) is 10.4 Å². The summed E-state index contributed by atoms with van der Waals surface area (Å²) in [6.45, 7) is 14.9. The number of nitrogens with one attached hydrogen (secondary N) is 1. The van der Waals surface area contributed by atoms with Crippen molar-refractivity contribution in [2.24, 2.45) is 0 Å². The normalized spacial score (nSPS) is 18.6. The highest BCUT2D eigenvalue weighted by Crippen LogP contribution is 2.47. The van der Waals surface area contributed by atoms with Gasteiger partial charge >= 0.3 is 0 Å². The molecular formula is C34H38N2O2S2. The zero-order chi connectivity index (χ0) is 28.7. The van der Waals surface area contributed by atoms with E-state index in [9.17, 15) is 5.11 Å². The van der Waals surface area contributed by atoms with E-state index in [-0.39, 0.29) is 10.8 Å². The van der Waals surface area contributed by atoms with Crippen LogP contribution in [0.3, 0.4) is 0 Å². The number of para-hydroxylation sites is 1. The predicted octanol–water partition coefficient (Wildman–Crippen LogP) is 10.2. The predicted molar refractivity (Wildman–Crippen MR) is 172 cm³/mol. The smallest absolute Gasteiger partial charge is 0.123 e. The Bertz CT molecular complexity index is 1490. The highest BCUT2D eigenvalue weighted by molar-refractivity contribution is 8.03. The van der Waals surface area contributed by atoms with Crippen LogP contribution in [-0.2, 0) is 21.5 Å². The average molecular weight is 571 g/mol. The standard InChI is InChI=1S/C34H38N2O2S2/c1-22-13-9-8-12-16-35-28-18-24-17-23-14-10-11-15-29(23)36(38-40-30(24)21-31(28)39-22)25-19-26(33(2,3)4)32(37)27(20-25)34(5,6)7/h8-16,18-21,35,37H,17H2,1-7H3/b9-8-,16-12+,22-13+. The molecule has 2 aliphatic heterocycles. The lowest BCUT2D eigenvalue weighted by atomic mass is 9.79. The highest BCUT2D eigenvalue weighted by Gasteiger charge is 2.30. The molecule has 0 saturated heterocycles. The summed E-state index contributed by atoms with van der Waals surface area (Å²) in [4.78, 5) is 3.45. The monoisotopic (exact) mass is 570 g/mol. The van der Waals surface area contributed by atoms with Crippen LogP contribution in [0.25, 0.3) is 0 Å². The maximum atomic E-state index is 11.3. The Morgan fingerprint density at radius 3 is 2.25 bits per heavy atom. The summed E-state index contributed by atoms with van der Waals surface area (Å²) in [6, 6.07) is 17.1. The Labute approximate surface area is 247 Å². The van der Waals surface area contributed by atoms with Crippen LogP contribution in [0.2, 0.25) is 0 Å². The van der Waals surface area contributed by atoms with Gasteiger partial charge in [0.25, 0.3) is 0 Å². The minimum Gasteiger partial charge on any atom is -0.507 e. The third kappa shape index (κ3) is 5.99. The second-order valence-corrected chi connectivity index (χ2v) is 14.4. The molecular weight excluding hydrogens is 533 g/mol. The molecule has 0 saturated carbocycles. The van der Waals surface area contributed by atoms with Crippen LogP contribution in [0.15, 0.2) is 93.7 Å². The number of allylic oxidation sites excluding steroid dienone is 5. The van der Waals surface area contributed by atoms with Crippen molar-refractivity contribution >= 4 is 40.9 Å². The van der Waals surface area contributed by atoms with E-state index in [4.69, 9.17) is 4.28 Å². The largest absolute Gasteiger partial charge is 0.507 e. The van der Waals surface area contributed by atoms with Crippen molar-refractivity contribution in [2.45, 2.75) is 75.5 Å². The topological polar surface area (TPSA) is 44.7 Å². The van der Waals surface area contributed by atoms with Crippen molar-refractivity contribution in [3.05, 3.63) is 106 Å². The summed E-state index contributed by atoms with van der Waals surface area (Å²) in [5.41, 5.74) is 6.70. The quantitative estimate of drug-likeness (QED) is 0.284. The molecule has 0 spiro atoms. The minimum absolute atomic E-state index is 0.241. The van der Waals surface area contributed by atoms with E-state index in [1.54, 1.807) is 11.8 Å². The maximum absolute atomic E-state index is 11.3. The summed E-state index contributed by atoms with van der Waals surface area (Å²) < 4.78 is 6.61. The minimum atomic E-state index is -0.241. The van der Waals surface area contributed by atoms with Crippen LogP contribution in [-0.4, -0.2) is 5.11 Å². The fraction of sp³-hybridized carbons (Fsp3) is 0.294.